The highest BCUT2D eigenvalue weighted by atomic mass is 16.5. The van der Waals surface area contributed by atoms with Gasteiger partial charge in [0.1, 0.15) is 12.4 Å². The first-order valence-electron chi connectivity index (χ1n) is 10.7. The lowest BCUT2D eigenvalue weighted by molar-refractivity contribution is 0.0371. The molecule has 168 valence electrons. The van der Waals surface area contributed by atoms with Gasteiger partial charge in [-0.15, -0.1) is 0 Å². The van der Waals surface area contributed by atoms with Crippen LogP contribution in [0.5, 0.6) is 5.75 Å². The predicted molar refractivity (Wildman–Crippen MR) is 123 cm³/mol. The van der Waals surface area contributed by atoms with Crippen molar-refractivity contribution in [1.82, 2.24) is 9.78 Å². The lowest BCUT2D eigenvalue weighted by Gasteiger charge is -2.11. The number of benzene rings is 2. The number of carbonyl (C=O) groups excluding carboxylic acids is 2. The Morgan fingerprint density at radius 2 is 1.91 bits per heavy atom. The first-order chi connectivity index (χ1) is 15.3. The molecule has 7 nitrogen and oxygen atoms in total. The van der Waals surface area contributed by atoms with Crippen molar-refractivity contribution in [2.75, 3.05) is 5.32 Å². The van der Waals surface area contributed by atoms with Gasteiger partial charge in [-0.3, -0.25) is 9.48 Å². The van der Waals surface area contributed by atoms with Crippen LogP contribution in [0.15, 0.2) is 48.7 Å². The normalized spacial score (nSPS) is 10.8. The van der Waals surface area contributed by atoms with Gasteiger partial charge in [-0.05, 0) is 63.9 Å². The van der Waals surface area contributed by atoms with Crippen LogP contribution in [-0.4, -0.2) is 27.8 Å². The first-order valence-corrected chi connectivity index (χ1v) is 10.7. The topological polar surface area (TPSA) is 82.5 Å². The molecule has 0 aliphatic rings. The van der Waals surface area contributed by atoms with E-state index in [4.69, 9.17) is 9.47 Å². The largest absolute Gasteiger partial charge is 0.489 e. The molecule has 0 saturated carbocycles. The van der Waals surface area contributed by atoms with Crippen molar-refractivity contribution in [3.8, 4) is 5.75 Å². The van der Waals surface area contributed by atoms with Crippen molar-refractivity contribution in [3.63, 3.8) is 0 Å². The highest BCUT2D eigenvalue weighted by molar-refractivity contribution is 6.07. The molecule has 0 aliphatic heterocycles. The van der Waals surface area contributed by atoms with Crippen LogP contribution in [0.4, 0.5) is 5.69 Å². The monoisotopic (exact) mass is 435 g/mol. The smallest absolute Gasteiger partial charge is 0.361 e. The van der Waals surface area contributed by atoms with Gasteiger partial charge in [-0.25, -0.2) is 4.79 Å². The predicted octanol–water partition coefficient (Wildman–Crippen LogP) is 4.92. The number of nitrogens with one attached hydrogen (secondary N) is 1. The molecule has 32 heavy (non-hydrogen) atoms. The molecule has 0 fully saturated rings. The molecular weight excluding hydrogens is 406 g/mol. The molecule has 0 bridgehead atoms. The van der Waals surface area contributed by atoms with Gasteiger partial charge in [0, 0.05) is 18.3 Å². The fourth-order valence-electron chi connectivity index (χ4n) is 3.21. The van der Waals surface area contributed by atoms with E-state index in [-0.39, 0.29) is 17.7 Å². The number of aromatic nitrogens is 2. The fourth-order valence-corrected chi connectivity index (χ4v) is 3.21. The molecule has 1 heterocycles. The molecule has 3 aromatic rings. The molecule has 0 unspecified atom stereocenters. The zero-order chi connectivity index (χ0) is 23.3. The number of rotatable bonds is 8. The molecular formula is C25H29N3O4. The zero-order valence-electron chi connectivity index (χ0n) is 19.1. The van der Waals surface area contributed by atoms with Crippen molar-refractivity contribution >= 4 is 17.6 Å². The summed E-state index contributed by atoms with van der Waals surface area (Å²) in [6.45, 7) is 10.4. The lowest BCUT2D eigenvalue weighted by Crippen LogP contribution is -2.17. The van der Waals surface area contributed by atoms with Crippen molar-refractivity contribution in [2.45, 2.75) is 53.9 Å². The van der Waals surface area contributed by atoms with Crippen LogP contribution in [0.2, 0.25) is 0 Å². The second kappa shape index (κ2) is 10.1. The van der Waals surface area contributed by atoms with E-state index >= 15 is 0 Å². The minimum absolute atomic E-state index is 0.0863. The molecule has 0 aliphatic carbocycles. The summed E-state index contributed by atoms with van der Waals surface area (Å²) in [6.07, 6.45) is 1.34. The Balaban J connectivity index is 1.73. The van der Waals surface area contributed by atoms with E-state index in [1.807, 2.05) is 39.0 Å². The third-order valence-corrected chi connectivity index (χ3v) is 4.78. The van der Waals surface area contributed by atoms with E-state index in [2.05, 4.69) is 16.5 Å². The number of ether oxygens (including phenoxy) is 2. The van der Waals surface area contributed by atoms with E-state index in [9.17, 15) is 9.59 Å². The lowest BCUT2D eigenvalue weighted by atomic mass is 10.1. The van der Waals surface area contributed by atoms with Gasteiger partial charge >= 0.3 is 5.97 Å². The van der Waals surface area contributed by atoms with Gasteiger partial charge in [-0.2, -0.15) is 5.10 Å². The summed E-state index contributed by atoms with van der Waals surface area (Å²) in [5.41, 5.74) is 3.97. The van der Waals surface area contributed by atoms with Crippen LogP contribution in [0, 0.1) is 13.8 Å². The quantitative estimate of drug-likeness (QED) is 0.508. The molecule has 0 radical (unpaired) electrons. The number of nitrogens with zero attached hydrogens (tertiary/aromatic N) is 2. The molecule has 0 saturated heterocycles. The van der Waals surface area contributed by atoms with Crippen LogP contribution < -0.4 is 10.1 Å². The van der Waals surface area contributed by atoms with E-state index in [1.54, 1.807) is 42.9 Å². The number of anilines is 1. The summed E-state index contributed by atoms with van der Waals surface area (Å²) in [4.78, 5) is 25.3. The van der Waals surface area contributed by atoms with Crippen LogP contribution in [0.3, 0.4) is 0 Å². The summed E-state index contributed by atoms with van der Waals surface area (Å²) in [7, 11) is 0. The molecule has 1 N–H and O–H groups in total. The minimum atomic E-state index is -0.571. The van der Waals surface area contributed by atoms with E-state index < -0.39 is 5.97 Å². The summed E-state index contributed by atoms with van der Waals surface area (Å²) in [5, 5.41) is 7.02. The van der Waals surface area contributed by atoms with Gasteiger partial charge in [0.15, 0.2) is 5.69 Å². The zero-order valence-corrected chi connectivity index (χ0v) is 19.1. The maximum absolute atomic E-state index is 12.9. The number of amides is 1. The Bertz CT molecular complexity index is 1120. The van der Waals surface area contributed by atoms with Crippen LogP contribution in [0.25, 0.3) is 0 Å². The average molecular weight is 436 g/mol. The summed E-state index contributed by atoms with van der Waals surface area (Å²) < 4.78 is 12.8. The fraction of sp³-hybridized carbons (Fsp3) is 0.320. The molecule has 3 rings (SSSR count). The van der Waals surface area contributed by atoms with Crippen LogP contribution in [-0.2, 0) is 17.9 Å². The standard InChI is InChI=1S/C25H29N3O4/c1-6-28-14-21(23(27-28)25(30)32-16(2)3)26-24(29)20-9-7-8-19(13-20)15-31-22-11-10-17(4)12-18(22)5/h7-14,16H,6,15H2,1-5H3,(H,26,29). The molecule has 0 atom stereocenters. The Morgan fingerprint density at radius 1 is 1.12 bits per heavy atom. The van der Waals surface area contributed by atoms with Gasteiger partial charge in [0.2, 0.25) is 0 Å². The van der Waals surface area contributed by atoms with E-state index in [1.165, 1.54) is 5.56 Å². The average Bonchev–Trinajstić information content (AvgIpc) is 3.16. The van der Waals surface area contributed by atoms with Crippen LogP contribution in [0.1, 0.15) is 58.3 Å². The highest BCUT2D eigenvalue weighted by Crippen LogP contribution is 2.21. The number of carbonyl (C=O) groups is 2. The third kappa shape index (κ3) is 5.75. The van der Waals surface area contributed by atoms with Gasteiger partial charge in [0.05, 0.1) is 11.8 Å². The first kappa shape index (κ1) is 23.1. The SMILES string of the molecule is CCn1cc(NC(=O)c2cccc(COc3ccc(C)cc3C)c2)c(C(=O)OC(C)C)n1. The van der Waals surface area contributed by atoms with Crippen molar-refractivity contribution < 1.29 is 19.1 Å². The molecule has 1 aromatic heterocycles. The maximum atomic E-state index is 12.9. The number of hydrogen-bond donors (Lipinski definition) is 1. The van der Waals surface area contributed by atoms with Crippen molar-refractivity contribution in [3.05, 3.63) is 76.6 Å². The van der Waals surface area contributed by atoms with E-state index in [0.717, 1.165) is 16.9 Å². The third-order valence-electron chi connectivity index (χ3n) is 4.78. The molecule has 2 aromatic carbocycles. The summed E-state index contributed by atoms with van der Waals surface area (Å²) in [6, 6.07) is 13.2. The molecule has 0 spiro atoms. The maximum Gasteiger partial charge on any atom is 0.361 e. The second-order valence-corrected chi connectivity index (χ2v) is 7.91. The van der Waals surface area contributed by atoms with Crippen molar-refractivity contribution in [1.29, 1.82) is 0 Å². The Kier molecular flexibility index (Phi) is 7.30. The Hall–Kier alpha value is -3.61. The summed E-state index contributed by atoms with van der Waals surface area (Å²) in [5.74, 6) is -0.100. The van der Waals surface area contributed by atoms with Crippen LogP contribution >= 0.6 is 0 Å². The van der Waals surface area contributed by atoms with Gasteiger partial charge in [-0.1, -0.05) is 29.8 Å². The van der Waals surface area contributed by atoms with Gasteiger partial charge < -0.3 is 14.8 Å². The Morgan fingerprint density at radius 3 is 2.59 bits per heavy atom. The number of esters is 1. The Labute approximate surface area is 188 Å². The highest BCUT2D eigenvalue weighted by Gasteiger charge is 2.21. The number of aryl methyl sites for hydroxylation is 3. The summed E-state index contributed by atoms with van der Waals surface area (Å²) >= 11 is 0. The van der Waals surface area contributed by atoms with Crippen molar-refractivity contribution in [2.24, 2.45) is 0 Å². The van der Waals surface area contributed by atoms with E-state index in [0.29, 0.717) is 24.4 Å². The van der Waals surface area contributed by atoms with Gasteiger partial charge in [0.25, 0.3) is 5.91 Å². The molecule has 1 amide bonds. The second-order valence-electron chi connectivity index (χ2n) is 7.91. The molecule has 7 heteroatoms. The number of hydrogen-bond acceptors (Lipinski definition) is 5. The minimum Gasteiger partial charge on any atom is -0.489 e.